The Hall–Kier alpha value is -1.55. The average molecular weight is 258 g/mol. The van der Waals surface area contributed by atoms with Crippen LogP contribution in [0.1, 0.15) is 25.3 Å². The highest BCUT2D eigenvalue weighted by Crippen LogP contribution is 2.29. The molecule has 1 aliphatic rings. The predicted octanol–water partition coefficient (Wildman–Crippen LogP) is 2.21. The maximum atomic E-state index is 4.40. The highest BCUT2D eigenvalue weighted by molar-refractivity contribution is 5.60. The van der Waals surface area contributed by atoms with Crippen LogP contribution in [0.4, 0.5) is 5.69 Å². The van der Waals surface area contributed by atoms with Crippen molar-refractivity contribution < 1.29 is 0 Å². The van der Waals surface area contributed by atoms with Crippen molar-refractivity contribution in [2.24, 2.45) is 0 Å². The summed E-state index contributed by atoms with van der Waals surface area (Å²) in [6.07, 6.45) is 6.13. The summed E-state index contributed by atoms with van der Waals surface area (Å²) in [5.74, 6) is 0.524. The number of nitrogens with zero attached hydrogens (tertiary/aromatic N) is 4. The summed E-state index contributed by atoms with van der Waals surface area (Å²) in [5.41, 5.74) is 3.82. The Morgan fingerprint density at radius 2 is 1.89 bits per heavy atom. The number of anilines is 1. The number of piperazine rings is 1. The first-order valence-corrected chi connectivity index (χ1v) is 7.05. The Labute approximate surface area is 114 Å². The Kier molecular flexibility index (Phi) is 3.19. The summed E-state index contributed by atoms with van der Waals surface area (Å²) >= 11 is 0. The fraction of sp³-hybridized carbons (Fsp3) is 0.533. The maximum absolute atomic E-state index is 4.40. The van der Waals surface area contributed by atoms with Crippen LogP contribution in [0.5, 0.6) is 0 Å². The normalized spacial score (nSPS) is 17.6. The van der Waals surface area contributed by atoms with E-state index in [1.165, 1.54) is 11.3 Å². The van der Waals surface area contributed by atoms with E-state index in [4.69, 9.17) is 0 Å². The Morgan fingerprint density at radius 3 is 2.58 bits per heavy atom. The highest BCUT2D eigenvalue weighted by atomic mass is 15.3. The van der Waals surface area contributed by atoms with Crippen molar-refractivity contribution in [1.29, 1.82) is 0 Å². The van der Waals surface area contributed by atoms with E-state index in [1.807, 2.05) is 12.4 Å². The number of imidazole rings is 1. The number of pyridine rings is 1. The number of rotatable bonds is 2. The van der Waals surface area contributed by atoms with E-state index in [1.54, 1.807) is 0 Å². The first-order chi connectivity index (χ1) is 9.15. The lowest BCUT2D eigenvalue weighted by molar-refractivity contribution is 0.312. The molecule has 4 heteroatoms. The van der Waals surface area contributed by atoms with Gasteiger partial charge in [-0.3, -0.25) is 0 Å². The van der Waals surface area contributed by atoms with Gasteiger partial charge in [0.2, 0.25) is 0 Å². The van der Waals surface area contributed by atoms with Gasteiger partial charge in [-0.25, -0.2) is 4.98 Å². The lowest BCUT2D eigenvalue weighted by atomic mass is 10.0. The molecule has 0 spiro atoms. The topological polar surface area (TPSA) is 23.8 Å². The second-order valence-corrected chi connectivity index (χ2v) is 5.75. The molecular weight excluding hydrogens is 236 g/mol. The molecule has 4 nitrogen and oxygen atoms in total. The molecule has 0 amide bonds. The molecule has 0 atom stereocenters. The zero-order chi connectivity index (χ0) is 13.4. The number of hydrogen-bond acceptors (Lipinski definition) is 3. The standard InChI is InChI=1S/C15H22N4/c1-12(2)13-10-15-16-4-5-19(15)11-14(13)18-8-6-17(3)7-9-18/h4-5,10-12H,6-9H2,1-3H3. The first-order valence-electron chi connectivity index (χ1n) is 7.05. The third-order valence-electron chi connectivity index (χ3n) is 4.01. The van der Waals surface area contributed by atoms with Crippen LogP contribution in [0.25, 0.3) is 5.65 Å². The van der Waals surface area contributed by atoms with Crippen molar-refractivity contribution in [3.05, 3.63) is 30.2 Å². The van der Waals surface area contributed by atoms with E-state index in [2.05, 4.69) is 52.3 Å². The van der Waals surface area contributed by atoms with E-state index in [0.717, 1.165) is 31.8 Å². The first kappa shape index (κ1) is 12.5. The molecule has 0 unspecified atom stereocenters. The Bertz CT molecular complexity index is 565. The lowest BCUT2D eigenvalue weighted by Crippen LogP contribution is -2.45. The van der Waals surface area contributed by atoms with Crippen molar-refractivity contribution >= 4 is 11.3 Å². The van der Waals surface area contributed by atoms with Gasteiger partial charge in [0.25, 0.3) is 0 Å². The summed E-state index contributed by atoms with van der Waals surface area (Å²) in [5, 5.41) is 0. The molecule has 0 saturated carbocycles. The van der Waals surface area contributed by atoms with E-state index in [0.29, 0.717) is 5.92 Å². The monoisotopic (exact) mass is 258 g/mol. The molecule has 1 fully saturated rings. The van der Waals surface area contributed by atoms with Crippen LogP contribution < -0.4 is 4.90 Å². The van der Waals surface area contributed by atoms with Gasteiger partial charge in [-0.1, -0.05) is 13.8 Å². The molecule has 3 heterocycles. The van der Waals surface area contributed by atoms with Crippen LogP contribution in [-0.4, -0.2) is 47.5 Å². The quantitative estimate of drug-likeness (QED) is 0.825. The molecule has 102 valence electrons. The molecule has 0 bridgehead atoms. The number of aromatic nitrogens is 2. The predicted molar refractivity (Wildman–Crippen MR) is 79.0 cm³/mol. The maximum Gasteiger partial charge on any atom is 0.137 e. The summed E-state index contributed by atoms with van der Waals surface area (Å²) in [6, 6.07) is 2.23. The molecule has 3 rings (SSSR count). The van der Waals surface area contributed by atoms with Gasteiger partial charge in [0, 0.05) is 44.8 Å². The fourth-order valence-electron chi connectivity index (χ4n) is 2.74. The largest absolute Gasteiger partial charge is 0.368 e. The van der Waals surface area contributed by atoms with Crippen LogP contribution in [0.15, 0.2) is 24.7 Å². The smallest absolute Gasteiger partial charge is 0.137 e. The molecule has 1 saturated heterocycles. The van der Waals surface area contributed by atoms with Gasteiger partial charge >= 0.3 is 0 Å². The third kappa shape index (κ3) is 2.32. The van der Waals surface area contributed by atoms with E-state index in [9.17, 15) is 0 Å². The van der Waals surface area contributed by atoms with Gasteiger partial charge in [-0.05, 0) is 24.6 Å². The minimum atomic E-state index is 0.524. The van der Waals surface area contributed by atoms with E-state index in [-0.39, 0.29) is 0 Å². The van der Waals surface area contributed by atoms with Gasteiger partial charge in [0.05, 0.1) is 5.69 Å². The molecule has 19 heavy (non-hydrogen) atoms. The van der Waals surface area contributed by atoms with Crippen LogP contribution in [0.2, 0.25) is 0 Å². The third-order valence-corrected chi connectivity index (χ3v) is 4.01. The van der Waals surface area contributed by atoms with Crippen molar-refractivity contribution in [2.45, 2.75) is 19.8 Å². The number of fused-ring (bicyclic) bond motifs is 1. The summed E-state index contributed by atoms with van der Waals surface area (Å²) in [7, 11) is 2.19. The summed E-state index contributed by atoms with van der Waals surface area (Å²) < 4.78 is 2.12. The molecule has 0 aliphatic carbocycles. The van der Waals surface area contributed by atoms with Crippen molar-refractivity contribution in [2.75, 3.05) is 38.1 Å². The second kappa shape index (κ2) is 4.85. The molecule has 0 aromatic carbocycles. The molecule has 0 radical (unpaired) electrons. The van der Waals surface area contributed by atoms with Crippen LogP contribution >= 0.6 is 0 Å². The zero-order valence-electron chi connectivity index (χ0n) is 12.0. The van der Waals surface area contributed by atoms with E-state index >= 15 is 0 Å². The number of likely N-dealkylation sites (N-methyl/N-ethyl adjacent to an activating group) is 1. The minimum Gasteiger partial charge on any atom is -0.368 e. The zero-order valence-corrected chi connectivity index (χ0v) is 12.0. The van der Waals surface area contributed by atoms with Crippen LogP contribution in [0.3, 0.4) is 0 Å². The second-order valence-electron chi connectivity index (χ2n) is 5.75. The van der Waals surface area contributed by atoms with Crippen molar-refractivity contribution in [3.8, 4) is 0 Å². The van der Waals surface area contributed by atoms with Gasteiger partial charge in [0.1, 0.15) is 5.65 Å². The van der Waals surface area contributed by atoms with Gasteiger partial charge in [-0.15, -0.1) is 0 Å². The van der Waals surface area contributed by atoms with E-state index < -0.39 is 0 Å². The summed E-state index contributed by atoms with van der Waals surface area (Å²) in [4.78, 5) is 9.30. The van der Waals surface area contributed by atoms with Crippen molar-refractivity contribution in [1.82, 2.24) is 14.3 Å². The van der Waals surface area contributed by atoms with Gasteiger partial charge < -0.3 is 14.2 Å². The molecule has 1 aliphatic heterocycles. The molecule has 2 aromatic rings. The van der Waals surface area contributed by atoms with Gasteiger partial charge in [0.15, 0.2) is 0 Å². The van der Waals surface area contributed by atoms with Crippen LogP contribution in [-0.2, 0) is 0 Å². The molecular formula is C15H22N4. The Balaban J connectivity index is 2.02. The molecule has 0 N–H and O–H groups in total. The lowest BCUT2D eigenvalue weighted by Gasteiger charge is -2.35. The highest BCUT2D eigenvalue weighted by Gasteiger charge is 2.19. The fourth-order valence-corrected chi connectivity index (χ4v) is 2.74. The minimum absolute atomic E-state index is 0.524. The SMILES string of the molecule is CC(C)c1cc2nccn2cc1N1CCN(C)CC1. The van der Waals surface area contributed by atoms with Crippen LogP contribution in [0, 0.1) is 0 Å². The average Bonchev–Trinajstić information content (AvgIpc) is 2.85. The van der Waals surface area contributed by atoms with Crippen molar-refractivity contribution in [3.63, 3.8) is 0 Å². The Morgan fingerprint density at radius 1 is 1.16 bits per heavy atom. The summed E-state index contributed by atoms with van der Waals surface area (Å²) in [6.45, 7) is 9.01. The number of hydrogen-bond donors (Lipinski definition) is 0. The van der Waals surface area contributed by atoms with Gasteiger partial charge in [-0.2, -0.15) is 0 Å². The molecule has 2 aromatic heterocycles.